The van der Waals surface area contributed by atoms with E-state index in [0.29, 0.717) is 31.4 Å². The van der Waals surface area contributed by atoms with Crippen molar-refractivity contribution in [2.24, 2.45) is 5.92 Å². The van der Waals surface area contributed by atoms with Crippen LogP contribution >= 0.6 is 11.3 Å². The standard InChI is InChI=1S/C17H18N2O3S/c20-16(18-13-7-6-12(9-13)17(21)22)14-10-23-15(19-14)8-11-4-2-1-3-5-11/h1-5,10,12-13H,6-9H2,(H,18,20)(H,21,22)/t12-,13+/m1/s1. The van der Waals surface area contributed by atoms with Gasteiger partial charge in [-0.3, -0.25) is 9.59 Å². The van der Waals surface area contributed by atoms with Crippen LogP contribution in [0.25, 0.3) is 0 Å². The fourth-order valence-corrected chi connectivity index (χ4v) is 3.67. The average Bonchev–Trinajstić information content (AvgIpc) is 3.18. The van der Waals surface area contributed by atoms with Crippen molar-refractivity contribution in [1.82, 2.24) is 10.3 Å². The maximum atomic E-state index is 12.2. The van der Waals surface area contributed by atoms with E-state index in [-0.39, 0.29) is 17.9 Å². The van der Waals surface area contributed by atoms with Gasteiger partial charge in [0.05, 0.1) is 10.9 Å². The maximum Gasteiger partial charge on any atom is 0.306 e. The summed E-state index contributed by atoms with van der Waals surface area (Å²) in [6, 6.07) is 9.93. The van der Waals surface area contributed by atoms with Crippen LogP contribution in [0.1, 0.15) is 40.3 Å². The van der Waals surface area contributed by atoms with Gasteiger partial charge in [-0.05, 0) is 24.8 Å². The number of carboxylic acids is 1. The lowest BCUT2D eigenvalue weighted by molar-refractivity contribution is -0.141. The van der Waals surface area contributed by atoms with Gasteiger partial charge in [0, 0.05) is 17.8 Å². The predicted octanol–water partition coefficient (Wildman–Crippen LogP) is 2.72. The van der Waals surface area contributed by atoms with Crippen molar-refractivity contribution in [2.45, 2.75) is 31.7 Å². The fraction of sp³-hybridized carbons (Fsp3) is 0.353. The molecule has 1 heterocycles. The first-order valence-corrected chi connectivity index (χ1v) is 8.52. The van der Waals surface area contributed by atoms with Crippen LogP contribution in [-0.4, -0.2) is 28.0 Å². The lowest BCUT2D eigenvalue weighted by Gasteiger charge is -2.10. The molecule has 0 bridgehead atoms. The summed E-state index contributed by atoms with van der Waals surface area (Å²) < 4.78 is 0. The number of benzene rings is 1. The highest BCUT2D eigenvalue weighted by molar-refractivity contribution is 7.09. The summed E-state index contributed by atoms with van der Waals surface area (Å²) in [5.41, 5.74) is 1.58. The van der Waals surface area contributed by atoms with Crippen LogP contribution in [0.3, 0.4) is 0 Å². The molecule has 6 heteroatoms. The molecule has 1 aromatic carbocycles. The summed E-state index contributed by atoms with van der Waals surface area (Å²) >= 11 is 1.47. The third kappa shape index (κ3) is 3.96. The first-order chi connectivity index (χ1) is 11.1. The number of nitrogens with zero attached hydrogens (tertiary/aromatic N) is 1. The number of thiazole rings is 1. The molecule has 0 saturated heterocycles. The van der Waals surface area contributed by atoms with Gasteiger partial charge in [-0.15, -0.1) is 11.3 Å². The largest absolute Gasteiger partial charge is 0.481 e. The highest BCUT2D eigenvalue weighted by Gasteiger charge is 2.31. The Kier molecular flexibility index (Phi) is 4.71. The minimum Gasteiger partial charge on any atom is -0.481 e. The summed E-state index contributed by atoms with van der Waals surface area (Å²) in [5, 5.41) is 14.6. The molecule has 23 heavy (non-hydrogen) atoms. The van der Waals surface area contributed by atoms with E-state index in [0.717, 1.165) is 10.6 Å². The molecule has 1 saturated carbocycles. The molecule has 0 spiro atoms. The minimum absolute atomic E-state index is 0.0668. The molecule has 2 N–H and O–H groups in total. The Morgan fingerprint density at radius 1 is 1.26 bits per heavy atom. The zero-order valence-corrected chi connectivity index (χ0v) is 13.4. The van der Waals surface area contributed by atoms with Gasteiger partial charge in [0.1, 0.15) is 5.69 Å². The normalized spacial score (nSPS) is 20.3. The summed E-state index contributed by atoms with van der Waals surface area (Å²) in [5.74, 6) is -1.33. The van der Waals surface area contributed by atoms with E-state index in [4.69, 9.17) is 5.11 Å². The van der Waals surface area contributed by atoms with Crippen molar-refractivity contribution < 1.29 is 14.7 Å². The number of carbonyl (C=O) groups excluding carboxylic acids is 1. The van der Waals surface area contributed by atoms with Gasteiger partial charge >= 0.3 is 5.97 Å². The van der Waals surface area contributed by atoms with Crippen molar-refractivity contribution in [3.05, 3.63) is 52.0 Å². The van der Waals surface area contributed by atoms with Gasteiger partial charge in [0.15, 0.2) is 0 Å². The van der Waals surface area contributed by atoms with E-state index in [1.54, 1.807) is 5.38 Å². The van der Waals surface area contributed by atoms with Crippen molar-refractivity contribution in [1.29, 1.82) is 0 Å². The monoisotopic (exact) mass is 330 g/mol. The molecule has 1 aromatic heterocycles. The fourth-order valence-electron chi connectivity index (χ4n) is 2.86. The molecule has 0 unspecified atom stereocenters. The van der Waals surface area contributed by atoms with E-state index in [1.807, 2.05) is 30.3 Å². The summed E-state index contributed by atoms with van der Waals surface area (Å²) in [7, 11) is 0. The SMILES string of the molecule is O=C(N[C@H]1CC[C@@H](C(=O)O)C1)c1csc(Cc2ccccc2)n1. The average molecular weight is 330 g/mol. The number of amides is 1. The lowest BCUT2D eigenvalue weighted by Crippen LogP contribution is -2.33. The molecule has 0 aliphatic heterocycles. The van der Waals surface area contributed by atoms with Gasteiger partial charge in [0.25, 0.3) is 5.91 Å². The Balaban J connectivity index is 1.57. The van der Waals surface area contributed by atoms with Gasteiger partial charge in [-0.1, -0.05) is 30.3 Å². The van der Waals surface area contributed by atoms with Gasteiger partial charge in [-0.25, -0.2) is 4.98 Å². The Morgan fingerprint density at radius 3 is 2.74 bits per heavy atom. The van der Waals surface area contributed by atoms with Crippen LogP contribution in [0.5, 0.6) is 0 Å². The number of hydrogen-bond acceptors (Lipinski definition) is 4. The van der Waals surface area contributed by atoms with E-state index < -0.39 is 5.97 Å². The molecule has 1 amide bonds. The zero-order valence-electron chi connectivity index (χ0n) is 12.6. The second-order valence-corrected chi connectivity index (χ2v) is 6.75. The zero-order chi connectivity index (χ0) is 16.2. The molecular formula is C17H18N2O3S. The Bertz CT molecular complexity index is 699. The number of carboxylic acid groups (broad SMARTS) is 1. The molecule has 1 fully saturated rings. The van der Waals surface area contributed by atoms with Crippen LogP contribution in [0.2, 0.25) is 0 Å². The Hall–Kier alpha value is -2.21. The van der Waals surface area contributed by atoms with Crippen molar-refractivity contribution in [2.75, 3.05) is 0 Å². The number of rotatable bonds is 5. The maximum absolute atomic E-state index is 12.2. The number of hydrogen-bond donors (Lipinski definition) is 2. The van der Waals surface area contributed by atoms with Crippen LogP contribution < -0.4 is 5.32 Å². The third-order valence-electron chi connectivity index (χ3n) is 4.10. The van der Waals surface area contributed by atoms with Crippen LogP contribution in [-0.2, 0) is 11.2 Å². The van der Waals surface area contributed by atoms with Gasteiger partial charge in [0.2, 0.25) is 0 Å². The van der Waals surface area contributed by atoms with Crippen LogP contribution in [0, 0.1) is 5.92 Å². The quantitative estimate of drug-likeness (QED) is 0.883. The lowest BCUT2D eigenvalue weighted by atomic mass is 10.1. The van der Waals surface area contributed by atoms with Gasteiger partial charge in [-0.2, -0.15) is 0 Å². The minimum atomic E-state index is -0.777. The van der Waals surface area contributed by atoms with E-state index in [9.17, 15) is 9.59 Å². The topological polar surface area (TPSA) is 79.3 Å². The molecule has 1 aliphatic rings. The number of carbonyl (C=O) groups is 2. The molecule has 5 nitrogen and oxygen atoms in total. The van der Waals surface area contributed by atoms with E-state index in [1.165, 1.54) is 11.3 Å². The summed E-state index contributed by atoms with van der Waals surface area (Å²) in [6.45, 7) is 0. The molecule has 2 atom stereocenters. The third-order valence-corrected chi connectivity index (χ3v) is 4.95. The Labute approximate surface area is 138 Å². The molecule has 3 rings (SSSR count). The highest BCUT2D eigenvalue weighted by atomic mass is 32.1. The summed E-state index contributed by atoms with van der Waals surface area (Å²) in [6.07, 6.45) is 2.55. The summed E-state index contributed by atoms with van der Waals surface area (Å²) in [4.78, 5) is 27.6. The van der Waals surface area contributed by atoms with Crippen LogP contribution in [0.15, 0.2) is 35.7 Å². The first kappa shape index (κ1) is 15.7. The molecule has 2 aromatic rings. The molecule has 120 valence electrons. The second kappa shape index (κ2) is 6.91. The molecular weight excluding hydrogens is 312 g/mol. The number of nitrogens with one attached hydrogen (secondary N) is 1. The molecule has 0 radical (unpaired) electrons. The second-order valence-electron chi connectivity index (χ2n) is 5.81. The van der Waals surface area contributed by atoms with Crippen molar-refractivity contribution in [3.63, 3.8) is 0 Å². The van der Waals surface area contributed by atoms with E-state index in [2.05, 4.69) is 10.3 Å². The number of aromatic nitrogens is 1. The van der Waals surface area contributed by atoms with Crippen LogP contribution in [0.4, 0.5) is 0 Å². The van der Waals surface area contributed by atoms with E-state index >= 15 is 0 Å². The Morgan fingerprint density at radius 2 is 2.04 bits per heavy atom. The predicted molar refractivity (Wildman–Crippen MR) is 87.6 cm³/mol. The molecule has 1 aliphatic carbocycles. The van der Waals surface area contributed by atoms with Crippen molar-refractivity contribution >= 4 is 23.2 Å². The van der Waals surface area contributed by atoms with Crippen molar-refractivity contribution in [3.8, 4) is 0 Å². The smallest absolute Gasteiger partial charge is 0.306 e. The number of aliphatic carboxylic acids is 1. The van der Waals surface area contributed by atoms with Gasteiger partial charge < -0.3 is 10.4 Å². The highest BCUT2D eigenvalue weighted by Crippen LogP contribution is 2.26. The first-order valence-electron chi connectivity index (χ1n) is 7.64.